The lowest BCUT2D eigenvalue weighted by Gasteiger charge is -2.28. The first-order valence-corrected chi connectivity index (χ1v) is 7.70. The van der Waals surface area contributed by atoms with E-state index in [2.05, 4.69) is 37.1 Å². The molecule has 1 N–H and O–H groups in total. The first kappa shape index (κ1) is 17.5. The minimum atomic E-state index is -0.171. The van der Waals surface area contributed by atoms with Crippen LogP contribution in [0.4, 0.5) is 10.1 Å². The highest BCUT2D eigenvalue weighted by Gasteiger charge is 2.17. The van der Waals surface area contributed by atoms with Gasteiger partial charge in [0.25, 0.3) is 0 Å². The molecule has 1 rings (SSSR count). The van der Waals surface area contributed by atoms with E-state index in [1.807, 2.05) is 6.07 Å². The van der Waals surface area contributed by atoms with E-state index in [9.17, 15) is 4.39 Å². The van der Waals surface area contributed by atoms with Crippen LogP contribution in [-0.4, -0.2) is 19.6 Å². The summed E-state index contributed by atoms with van der Waals surface area (Å²) in [7, 11) is 0. The summed E-state index contributed by atoms with van der Waals surface area (Å²) in [5.41, 5.74) is 2.64. The van der Waals surface area contributed by atoms with E-state index in [0.29, 0.717) is 18.5 Å². The van der Waals surface area contributed by atoms with E-state index in [1.165, 1.54) is 0 Å². The van der Waals surface area contributed by atoms with Gasteiger partial charge >= 0.3 is 0 Å². The van der Waals surface area contributed by atoms with Gasteiger partial charge in [0.15, 0.2) is 0 Å². The molecule has 0 aliphatic heterocycles. The van der Waals surface area contributed by atoms with Crippen molar-refractivity contribution in [2.75, 3.05) is 24.5 Å². The first-order chi connectivity index (χ1) is 10.0. The Morgan fingerprint density at radius 1 is 1.38 bits per heavy atom. The SMILES string of the molecule is CCCNC(C)c1cc(F)c(C)cc1N(CC)CCC#N. The monoisotopic (exact) mass is 291 g/mol. The van der Waals surface area contributed by atoms with Gasteiger partial charge < -0.3 is 10.2 Å². The maximum Gasteiger partial charge on any atom is 0.126 e. The molecule has 1 unspecified atom stereocenters. The van der Waals surface area contributed by atoms with Crippen molar-refractivity contribution in [2.45, 2.75) is 46.6 Å². The summed E-state index contributed by atoms with van der Waals surface area (Å²) in [5.74, 6) is -0.171. The first-order valence-electron chi connectivity index (χ1n) is 7.70. The molecule has 0 radical (unpaired) electrons. The average Bonchev–Trinajstić information content (AvgIpc) is 2.48. The second kappa shape index (κ2) is 8.63. The molecule has 0 saturated heterocycles. The Morgan fingerprint density at radius 2 is 2.10 bits per heavy atom. The second-order valence-electron chi connectivity index (χ2n) is 5.32. The Bertz CT molecular complexity index is 494. The predicted octanol–water partition coefficient (Wildman–Crippen LogP) is 3.93. The number of aryl methyl sites for hydroxylation is 1. The molecular formula is C17H26FN3. The van der Waals surface area contributed by atoms with Crippen LogP contribution in [0.2, 0.25) is 0 Å². The van der Waals surface area contributed by atoms with Crippen LogP contribution in [0, 0.1) is 24.1 Å². The van der Waals surface area contributed by atoms with Crippen LogP contribution in [0.15, 0.2) is 12.1 Å². The standard InChI is InChI=1S/C17H26FN3/c1-5-9-20-14(4)15-12-16(18)13(3)11-17(15)21(6-2)10-7-8-19/h11-12,14,20H,5-7,9-10H2,1-4H3. The lowest BCUT2D eigenvalue weighted by molar-refractivity contribution is 0.559. The molecule has 0 aliphatic rings. The van der Waals surface area contributed by atoms with Crippen LogP contribution in [0.1, 0.15) is 50.8 Å². The zero-order valence-corrected chi connectivity index (χ0v) is 13.5. The molecule has 0 aromatic heterocycles. The van der Waals surface area contributed by atoms with Gasteiger partial charge in [-0.05, 0) is 57.0 Å². The van der Waals surface area contributed by atoms with Crippen LogP contribution in [0.25, 0.3) is 0 Å². The highest BCUT2D eigenvalue weighted by atomic mass is 19.1. The lowest BCUT2D eigenvalue weighted by atomic mass is 10.0. The molecule has 0 fully saturated rings. The van der Waals surface area contributed by atoms with E-state index in [1.54, 1.807) is 13.0 Å². The van der Waals surface area contributed by atoms with Crippen LogP contribution in [-0.2, 0) is 0 Å². The van der Waals surface area contributed by atoms with E-state index >= 15 is 0 Å². The average molecular weight is 291 g/mol. The summed E-state index contributed by atoms with van der Waals surface area (Å²) >= 11 is 0. The van der Waals surface area contributed by atoms with Gasteiger partial charge in [-0.2, -0.15) is 5.26 Å². The minimum absolute atomic E-state index is 0.0891. The van der Waals surface area contributed by atoms with Crippen molar-refractivity contribution in [1.82, 2.24) is 5.32 Å². The molecule has 0 spiro atoms. The van der Waals surface area contributed by atoms with Crippen molar-refractivity contribution < 1.29 is 4.39 Å². The smallest absolute Gasteiger partial charge is 0.126 e. The summed E-state index contributed by atoms with van der Waals surface area (Å²) in [5, 5.41) is 12.2. The van der Waals surface area contributed by atoms with Crippen molar-refractivity contribution in [3.05, 3.63) is 29.1 Å². The van der Waals surface area contributed by atoms with Crippen molar-refractivity contribution in [3.8, 4) is 6.07 Å². The van der Waals surface area contributed by atoms with Gasteiger partial charge in [-0.1, -0.05) is 6.92 Å². The molecule has 21 heavy (non-hydrogen) atoms. The fraction of sp³-hybridized carbons (Fsp3) is 0.588. The molecule has 0 bridgehead atoms. The Labute approximate surface area is 127 Å². The van der Waals surface area contributed by atoms with Gasteiger partial charge in [0.05, 0.1) is 12.5 Å². The number of hydrogen-bond acceptors (Lipinski definition) is 3. The summed E-state index contributed by atoms with van der Waals surface area (Å²) < 4.78 is 14.0. The number of halogens is 1. The van der Waals surface area contributed by atoms with Crippen molar-refractivity contribution in [1.29, 1.82) is 5.26 Å². The maximum absolute atomic E-state index is 14.0. The van der Waals surface area contributed by atoms with Gasteiger partial charge in [-0.15, -0.1) is 0 Å². The Balaban J connectivity index is 3.14. The number of benzene rings is 1. The number of anilines is 1. The third kappa shape index (κ3) is 4.71. The molecule has 0 heterocycles. The van der Waals surface area contributed by atoms with E-state index in [0.717, 1.165) is 30.8 Å². The molecule has 4 heteroatoms. The van der Waals surface area contributed by atoms with Crippen LogP contribution >= 0.6 is 0 Å². The van der Waals surface area contributed by atoms with Crippen molar-refractivity contribution >= 4 is 5.69 Å². The Kier molecular flexibility index (Phi) is 7.18. The number of rotatable bonds is 8. The quantitative estimate of drug-likeness (QED) is 0.788. The minimum Gasteiger partial charge on any atom is -0.370 e. The molecule has 0 amide bonds. The Morgan fingerprint density at radius 3 is 2.67 bits per heavy atom. The molecule has 116 valence electrons. The molecule has 0 saturated carbocycles. The normalized spacial score (nSPS) is 12.0. The maximum atomic E-state index is 14.0. The predicted molar refractivity (Wildman–Crippen MR) is 86.0 cm³/mol. The zero-order chi connectivity index (χ0) is 15.8. The van der Waals surface area contributed by atoms with Crippen molar-refractivity contribution in [2.24, 2.45) is 0 Å². The molecule has 0 aliphatic carbocycles. The summed E-state index contributed by atoms with van der Waals surface area (Å²) in [4.78, 5) is 2.15. The Hall–Kier alpha value is -1.60. The number of nitrogens with one attached hydrogen (secondary N) is 1. The van der Waals surface area contributed by atoms with Gasteiger partial charge in [0, 0.05) is 24.8 Å². The fourth-order valence-corrected chi connectivity index (χ4v) is 2.41. The largest absolute Gasteiger partial charge is 0.370 e. The summed E-state index contributed by atoms with van der Waals surface area (Å²) in [6.07, 6.45) is 1.51. The molecule has 1 aromatic rings. The summed E-state index contributed by atoms with van der Waals surface area (Å²) in [6, 6.07) is 5.80. The lowest BCUT2D eigenvalue weighted by Crippen LogP contribution is -2.28. The van der Waals surface area contributed by atoms with Crippen LogP contribution in [0.3, 0.4) is 0 Å². The third-order valence-corrected chi connectivity index (χ3v) is 3.69. The van der Waals surface area contributed by atoms with E-state index in [4.69, 9.17) is 5.26 Å². The molecular weight excluding hydrogens is 265 g/mol. The second-order valence-corrected chi connectivity index (χ2v) is 5.32. The van der Waals surface area contributed by atoms with Gasteiger partial charge in [0.2, 0.25) is 0 Å². The number of hydrogen-bond donors (Lipinski definition) is 1. The highest BCUT2D eigenvalue weighted by molar-refractivity contribution is 5.57. The number of nitrogens with zero attached hydrogens (tertiary/aromatic N) is 2. The molecule has 1 aromatic carbocycles. The number of nitriles is 1. The third-order valence-electron chi connectivity index (χ3n) is 3.69. The van der Waals surface area contributed by atoms with Gasteiger partial charge in [-0.25, -0.2) is 4.39 Å². The zero-order valence-electron chi connectivity index (χ0n) is 13.5. The fourth-order valence-electron chi connectivity index (χ4n) is 2.41. The van der Waals surface area contributed by atoms with E-state index in [-0.39, 0.29) is 11.9 Å². The molecule has 1 atom stereocenters. The van der Waals surface area contributed by atoms with Gasteiger partial charge in [0.1, 0.15) is 5.82 Å². The van der Waals surface area contributed by atoms with Crippen molar-refractivity contribution in [3.63, 3.8) is 0 Å². The highest BCUT2D eigenvalue weighted by Crippen LogP contribution is 2.29. The van der Waals surface area contributed by atoms with Gasteiger partial charge in [-0.3, -0.25) is 0 Å². The topological polar surface area (TPSA) is 39.1 Å². The van der Waals surface area contributed by atoms with Crippen LogP contribution in [0.5, 0.6) is 0 Å². The summed E-state index contributed by atoms with van der Waals surface area (Å²) in [6.45, 7) is 10.4. The molecule has 3 nitrogen and oxygen atoms in total. The van der Waals surface area contributed by atoms with E-state index < -0.39 is 0 Å². The van der Waals surface area contributed by atoms with Crippen LogP contribution < -0.4 is 10.2 Å².